The van der Waals surface area contributed by atoms with Gasteiger partial charge in [0.15, 0.2) is 0 Å². The molecule has 0 bridgehead atoms. The first-order chi connectivity index (χ1) is 10.9. The number of ether oxygens (including phenoxy) is 1. The number of aryl methyl sites for hydroxylation is 2. The van der Waals surface area contributed by atoms with Gasteiger partial charge in [-0.3, -0.25) is 9.78 Å². The number of hydrogen-bond acceptors (Lipinski definition) is 5. The molecule has 0 aliphatic rings. The molecule has 23 heavy (non-hydrogen) atoms. The molecule has 0 saturated carbocycles. The second-order valence-corrected chi connectivity index (χ2v) is 6.62. The molecule has 5 nitrogen and oxygen atoms in total. The Bertz CT molecular complexity index is 737. The first-order valence-electron chi connectivity index (χ1n) is 7.27. The number of rotatable bonds is 5. The fourth-order valence-corrected chi connectivity index (χ4v) is 2.96. The van der Waals surface area contributed by atoms with Gasteiger partial charge in [-0.15, -0.1) is 11.3 Å². The number of aromatic nitrogens is 2. The zero-order chi connectivity index (χ0) is 17.0. The lowest BCUT2D eigenvalue weighted by Gasteiger charge is -2.18. The minimum atomic E-state index is -0.0724. The van der Waals surface area contributed by atoms with Crippen LogP contribution in [0.4, 0.5) is 0 Å². The summed E-state index contributed by atoms with van der Waals surface area (Å²) < 4.78 is 5.40. The van der Waals surface area contributed by atoms with Crippen LogP contribution in [0.1, 0.15) is 26.7 Å². The lowest BCUT2D eigenvalue weighted by Crippen LogP contribution is -2.25. The van der Waals surface area contributed by atoms with E-state index >= 15 is 0 Å². The third-order valence-corrected chi connectivity index (χ3v) is 4.42. The molecular weight excluding hydrogens is 310 g/mol. The molecule has 2 aromatic rings. The van der Waals surface area contributed by atoms with Crippen molar-refractivity contribution in [2.75, 3.05) is 14.2 Å². The summed E-state index contributed by atoms with van der Waals surface area (Å²) in [4.78, 5) is 23.4. The number of methoxy groups -OCH3 is 1. The highest BCUT2D eigenvalue weighted by molar-refractivity contribution is 7.12. The van der Waals surface area contributed by atoms with Gasteiger partial charge >= 0.3 is 0 Å². The maximum atomic E-state index is 12.2. The van der Waals surface area contributed by atoms with Crippen molar-refractivity contribution in [3.63, 3.8) is 0 Å². The summed E-state index contributed by atoms with van der Waals surface area (Å²) in [7, 11) is 3.41. The Hall–Kier alpha value is -2.21. The van der Waals surface area contributed by atoms with Crippen LogP contribution in [0, 0.1) is 20.8 Å². The molecule has 2 aromatic heterocycles. The molecule has 0 radical (unpaired) electrons. The monoisotopic (exact) mass is 331 g/mol. The number of carbonyl (C=O) groups excluding carboxylic acids is 1. The average molecular weight is 331 g/mol. The highest BCUT2D eigenvalue weighted by Gasteiger charge is 2.13. The van der Waals surface area contributed by atoms with Crippen LogP contribution in [0.2, 0.25) is 0 Å². The Kier molecular flexibility index (Phi) is 5.50. The summed E-state index contributed by atoms with van der Waals surface area (Å²) in [6, 6.07) is 0. The summed E-state index contributed by atoms with van der Waals surface area (Å²) >= 11 is 1.56. The van der Waals surface area contributed by atoms with Gasteiger partial charge in [-0.25, -0.2) is 4.98 Å². The highest BCUT2D eigenvalue weighted by Crippen LogP contribution is 2.24. The Morgan fingerprint density at radius 2 is 2.04 bits per heavy atom. The second-order valence-electron chi connectivity index (χ2n) is 5.36. The molecule has 6 heteroatoms. The maximum Gasteiger partial charge on any atom is 0.246 e. The highest BCUT2D eigenvalue weighted by atomic mass is 32.1. The van der Waals surface area contributed by atoms with E-state index < -0.39 is 0 Å². The summed E-state index contributed by atoms with van der Waals surface area (Å²) in [6.07, 6.45) is 6.89. The first-order valence-corrected chi connectivity index (χ1v) is 8.08. The van der Waals surface area contributed by atoms with Crippen LogP contribution in [-0.4, -0.2) is 34.9 Å². The average Bonchev–Trinajstić information content (AvgIpc) is 2.93. The molecule has 0 aromatic carbocycles. The topological polar surface area (TPSA) is 55.3 Å². The molecule has 0 N–H and O–H groups in total. The SMILES string of the molecule is COc1c(C)cnc(CN(C)C(=O)/C=C\c2cnc(C)s2)c1C. The number of amides is 1. The summed E-state index contributed by atoms with van der Waals surface area (Å²) in [5, 5.41) is 0.983. The van der Waals surface area contributed by atoms with Gasteiger partial charge in [-0.1, -0.05) is 0 Å². The van der Waals surface area contributed by atoms with Crippen molar-refractivity contribution in [3.05, 3.63) is 45.2 Å². The van der Waals surface area contributed by atoms with Crippen molar-refractivity contribution in [2.24, 2.45) is 0 Å². The van der Waals surface area contributed by atoms with Gasteiger partial charge in [0.05, 0.1) is 24.4 Å². The lowest BCUT2D eigenvalue weighted by molar-refractivity contribution is -0.125. The fourth-order valence-electron chi connectivity index (χ4n) is 2.27. The van der Waals surface area contributed by atoms with Crippen molar-refractivity contribution in [2.45, 2.75) is 27.3 Å². The van der Waals surface area contributed by atoms with Crippen molar-refractivity contribution in [1.82, 2.24) is 14.9 Å². The van der Waals surface area contributed by atoms with Gasteiger partial charge in [-0.05, 0) is 26.8 Å². The molecule has 0 saturated heterocycles. The van der Waals surface area contributed by atoms with Gasteiger partial charge in [0.1, 0.15) is 5.75 Å². The molecule has 1 amide bonds. The van der Waals surface area contributed by atoms with E-state index in [1.54, 1.807) is 54.9 Å². The van der Waals surface area contributed by atoms with E-state index in [9.17, 15) is 4.79 Å². The van der Waals surface area contributed by atoms with Crippen molar-refractivity contribution in [1.29, 1.82) is 0 Å². The summed E-state index contributed by atoms with van der Waals surface area (Å²) in [5.74, 6) is 0.753. The zero-order valence-electron chi connectivity index (χ0n) is 14.1. The first kappa shape index (κ1) is 17.1. The number of likely N-dealkylation sites (N-methyl/N-ethyl adjacent to an activating group) is 1. The minimum absolute atomic E-state index is 0.0724. The standard InChI is InChI=1S/C17H21N3O2S/c1-11-8-19-15(12(2)17(11)22-5)10-20(4)16(21)7-6-14-9-18-13(3)23-14/h6-9H,10H2,1-5H3/b7-6-. The van der Waals surface area contributed by atoms with Crippen molar-refractivity contribution in [3.8, 4) is 5.75 Å². The number of pyridine rings is 1. The van der Waals surface area contributed by atoms with E-state index in [0.717, 1.165) is 32.5 Å². The van der Waals surface area contributed by atoms with Crippen LogP contribution in [-0.2, 0) is 11.3 Å². The predicted molar refractivity (Wildman–Crippen MR) is 92.6 cm³/mol. The number of carbonyl (C=O) groups is 1. The fraction of sp³-hybridized carbons (Fsp3) is 0.353. The summed E-state index contributed by atoms with van der Waals surface area (Å²) in [6.45, 7) is 6.29. The Balaban J connectivity index is 2.08. The molecular formula is C17H21N3O2S. The lowest BCUT2D eigenvalue weighted by atomic mass is 10.1. The van der Waals surface area contributed by atoms with Gasteiger partial charge in [0.25, 0.3) is 0 Å². The zero-order valence-corrected chi connectivity index (χ0v) is 14.9. The number of hydrogen-bond donors (Lipinski definition) is 0. The molecule has 2 rings (SSSR count). The minimum Gasteiger partial charge on any atom is -0.496 e. The van der Waals surface area contributed by atoms with Crippen LogP contribution in [0.15, 0.2) is 18.5 Å². The Morgan fingerprint density at radius 1 is 1.30 bits per heavy atom. The maximum absolute atomic E-state index is 12.2. The van der Waals surface area contributed by atoms with Gasteiger partial charge in [0.2, 0.25) is 5.91 Å². The largest absolute Gasteiger partial charge is 0.496 e. The number of nitrogens with zero attached hydrogens (tertiary/aromatic N) is 3. The molecule has 0 spiro atoms. The van der Waals surface area contributed by atoms with E-state index in [1.165, 1.54) is 0 Å². The van der Waals surface area contributed by atoms with Crippen molar-refractivity contribution >= 4 is 23.3 Å². The van der Waals surface area contributed by atoms with E-state index in [-0.39, 0.29) is 5.91 Å². The summed E-state index contributed by atoms with van der Waals surface area (Å²) in [5.41, 5.74) is 2.79. The molecule has 0 aliphatic carbocycles. The normalized spacial score (nSPS) is 11.0. The van der Waals surface area contributed by atoms with E-state index in [1.807, 2.05) is 20.8 Å². The Labute approximate surface area is 140 Å². The molecule has 0 aliphatic heterocycles. The van der Waals surface area contributed by atoms with Crippen molar-refractivity contribution < 1.29 is 9.53 Å². The third-order valence-electron chi connectivity index (χ3n) is 3.54. The molecule has 0 atom stereocenters. The van der Waals surface area contributed by atoms with E-state index in [2.05, 4.69) is 9.97 Å². The van der Waals surface area contributed by atoms with Crippen LogP contribution in [0.5, 0.6) is 5.75 Å². The van der Waals surface area contributed by atoms with Gasteiger partial charge in [0, 0.05) is 41.5 Å². The van der Waals surface area contributed by atoms with Gasteiger partial charge < -0.3 is 9.64 Å². The van der Waals surface area contributed by atoms with Crippen LogP contribution in [0.3, 0.4) is 0 Å². The smallest absolute Gasteiger partial charge is 0.246 e. The molecule has 0 unspecified atom stereocenters. The molecule has 122 valence electrons. The van der Waals surface area contributed by atoms with Crippen LogP contribution < -0.4 is 4.74 Å². The quantitative estimate of drug-likeness (QED) is 0.790. The molecule has 0 fully saturated rings. The third kappa shape index (κ3) is 4.16. The predicted octanol–water partition coefficient (Wildman–Crippen LogP) is 3.14. The molecule has 2 heterocycles. The van der Waals surface area contributed by atoms with E-state index in [4.69, 9.17) is 4.74 Å². The van der Waals surface area contributed by atoms with E-state index in [0.29, 0.717) is 6.54 Å². The number of thiazole rings is 1. The van der Waals surface area contributed by atoms with Crippen LogP contribution >= 0.6 is 11.3 Å². The second kappa shape index (κ2) is 7.37. The Morgan fingerprint density at radius 3 is 2.65 bits per heavy atom. The van der Waals surface area contributed by atoms with Crippen LogP contribution in [0.25, 0.3) is 6.08 Å². The van der Waals surface area contributed by atoms with Gasteiger partial charge in [-0.2, -0.15) is 0 Å².